The first-order chi connectivity index (χ1) is 15.5. The summed E-state index contributed by atoms with van der Waals surface area (Å²) < 4.78 is 23.4. The molecule has 11 nitrogen and oxygen atoms in total. The fourth-order valence-electron chi connectivity index (χ4n) is 2.84. The lowest BCUT2D eigenvalue weighted by Gasteiger charge is -2.15. The largest absolute Gasteiger partial charge is 0.493 e. The predicted octanol–water partition coefficient (Wildman–Crippen LogP) is 2.51. The Hall–Kier alpha value is -2.90. The van der Waals surface area contributed by atoms with Crippen LogP contribution in [0.2, 0.25) is 0 Å². The molecule has 0 spiro atoms. The van der Waals surface area contributed by atoms with Crippen molar-refractivity contribution in [1.29, 1.82) is 0 Å². The number of thioether (sulfide) groups is 1. The van der Waals surface area contributed by atoms with Crippen LogP contribution in [0.25, 0.3) is 11.4 Å². The Balaban J connectivity index is 1.85. The number of benzene rings is 1. The lowest BCUT2D eigenvalue weighted by atomic mass is 10.1. The van der Waals surface area contributed by atoms with Gasteiger partial charge in [0.15, 0.2) is 22.5 Å². The van der Waals surface area contributed by atoms with Crippen LogP contribution in [0.1, 0.15) is 5.01 Å². The Bertz CT molecular complexity index is 1050. The number of amides is 1. The smallest absolute Gasteiger partial charge is 0.236 e. The summed E-state index contributed by atoms with van der Waals surface area (Å²) in [6.45, 7) is 2.76. The van der Waals surface area contributed by atoms with Crippen LogP contribution in [-0.4, -0.2) is 71.7 Å². The molecule has 172 valence electrons. The number of hydrogen-bond donors (Lipinski definition) is 1. The minimum absolute atomic E-state index is 0.138. The van der Waals surface area contributed by atoms with Crippen molar-refractivity contribution in [2.75, 3.05) is 46.1 Å². The third-order valence-electron chi connectivity index (χ3n) is 4.26. The summed E-state index contributed by atoms with van der Waals surface area (Å²) in [7, 11) is 6.27. The van der Waals surface area contributed by atoms with Gasteiger partial charge in [-0.2, -0.15) is 0 Å². The predicted molar refractivity (Wildman–Crippen MR) is 121 cm³/mol. The highest BCUT2D eigenvalue weighted by molar-refractivity contribution is 7.99. The van der Waals surface area contributed by atoms with Crippen LogP contribution in [0, 0.1) is 6.92 Å². The van der Waals surface area contributed by atoms with Gasteiger partial charge >= 0.3 is 0 Å². The van der Waals surface area contributed by atoms with Crippen molar-refractivity contribution < 1.29 is 23.7 Å². The molecule has 3 aromatic rings. The van der Waals surface area contributed by atoms with Gasteiger partial charge in [-0.05, 0) is 19.1 Å². The summed E-state index contributed by atoms with van der Waals surface area (Å²) in [6.07, 6.45) is 0. The van der Waals surface area contributed by atoms with Crippen molar-refractivity contribution in [2.24, 2.45) is 0 Å². The van der Waals surface area contributed by atoms with E-state index in [4.69, 9.17) is 18.9 Å². The summed E-state index contributed by atoms with van der Waals surface area (Å²) in [5, 5.41) is 21.0. The third kappa shape index (κ3) is 5.47. The summed E-state index contributed by atoms with van der Waals surface area (Å²) in [4.78, 5) is 12.3. The number of nitrogens with one attached hydrogen (secondary N) is 1. The van der Waals surface area contributed by atoms with Crippen LogP contribution in [0.3, 0.4) is 0 Å². The maximum absolute atomic E-state index is 12.3. The molecule has 0 aliphatic heterocycles. The minimum atomic E-state index is -0.207. The zero-order valence-corrected chi connectivity index (χ0v) is 20.0. The standard InChI is InChI=1S/C19H24N6O5S2/c1-11-21-23-18(32-11)20-15(26)10-31-19-24-22-17(25(19)6-7-27-2)12-8-13(28-3)16(30-5)14(9-12)29-4/h8-9H,6-7,10H2,1-5H3,(H,20,23,26). The fourth-order valence-corrected chi connectivity index (χ4v) is 4.21. The number of rotatable bonds is 11. The first kappa shape index (κ1) is 23.8. The molecular formula is C19H24N6O5S2. The van der Waals surface area contributed by atoms with Gasteiger partial charge in [0.2, 0.25) is 16.8 Å². The van der Waals surface area contributed by atoms with Crippen molar-refractivity contribution >= 4 is 34.1 Å². The number of anilines is 1. The van der Waals surface area contributed by atoms with E-state index in [9.17, 15) is 4.79 Å². The maximum atomic E-state index is 12.3. The Morgan fingerprint density at radius 2 is 1.78 bits per heavy atom. The van der Waals surface area contributed by atoms with E-state index in [1.54, 1.807) is 40.6 Å². The molecule has 13 heteroatoms. The van der Waals surface area contributed by atoms with Gasteiger partial charge in [0.05, 0.1) is 40.2 Å². The fraction of sp³-hybridized carbons (Fsp3) is 0.421. The topological polar surface area (TPSA) is 123 Å². The molecule has 0 aliphatic carbocycles. The summed E-state index contributed by atoms with van der Waals surface area (Å²) >= 11 is 2.58. The number of nitrogens with zero attached hydrogens (tertiary/aromatic N) is 5. The van der Waals surface area contributed by atoms with E-state index in [0.717, 1.165) is 10.6 Å². The Morgan fingerprint density at radius 3 is 2.34 bits per heavy atom. The van der Waals surface area contributed by atoms with E-state index in [0.29, 0.717) is 46.5 Å². The average Bonchev–Trinajstić information content (AvgIpc) is 3.40. The normalized spacial score (nSPS) is 10.8. The van der Waals surface area contributed by atoms with Crippen LogP contribution in [-0.2, 0) is 16.1 Å². The Morgan fingerprint density at radius 1 is 1.06 bits per heavy atom. The molecule has 2 aromatic heterocycles. The van der Waals surface area contributed by atoms with E-state index < -0.39 is 0 Å². The Kier molecular flexibility index (Phi) is 8.25. The monoisotopic (exact) mass is 480 g/mol. The molecular weight excluding hydrogens is 456 g/mol. The third-order valence-corrected chi connectivity index (χ3v) is 5.98. The molecule has 0 aliphatic rings. The second-order valence-electron chi connectivity index (χ2n) is 6.33. The van der Waals surface area contributed by atoms with Gasteiger partial charge < -0.3 is 18.9 Å². The first-order valence-electron chi connectivity index (χ1n) is 9.46. The first-order valence-corrected chi connectivity index (χ1v) is 11.3. The van der Waals surface area contributed by atoms with Gasteiger partial charge in [-0.1, -0.05) is 23.1 Å². The number of aromatic nitrogens is 5. The van der Waals surface area contributed by atoms with E-state index in [1.807, 2.05) is 11.5 Å². The molecule has 0 radical (unpaired) electrons. The van der Waals surface area contributed by atoms with Crippen LogP contribution in [0.5, 0.6) is 17.2 Å². The highest BCUT2D eigenvalue weighted by Crippen LogP contribution is 2.41. The second-order valence-corrected chi connectivity index (χ2v) is 8.45. The molecule has 2 heterocycles. The highest BCUT2D eigenvalue weighted by atomic mass is 32.2. The molecule has 0 unspecified atom stereocenters. The zero-order chi connectivity index (χ0) is 23.1. The number of carbonyl (C=O) groups excluding carboxylic acids is 1. The molecule has 32 heavy (non-hydrogen) atoms. The van der Waals surface area contributed by atoms with Crippen LogP contribution in [0.15, 0.2) is 17.3 Å². The van der Waals surface area contributed by atoms with Gasteiger partial charge in [0, 0.05) is 12.7 Å². The molecule has 0 saturated carbocycles. The van der Waals surface area contributed by atoms with Crippen LogP contribution in [0.4, 0.5) is 5.13 Å². The van der Waals surface area contributed by atoms with Gasteiger partial charge in [0.1, 0.15) is 5.01 Å². The summed E-state index contributed by atoms with van der Waals surface area (Å²) in [5.41, 5.74) is 0.726. The molecule has 1 N–H and O–H groups in total. The van der Waals surface area contributed by atoms with E-state index in [-0.39, 0.29) is 11.7 Å². The lowest BCUT2D eigenvalue weighted by molar-refractivity contribution is -0.113. The Labute approximate surface area is 193 Å². The van der Waals surface area contributed by atoms with Gasteiger partial charge in [0.25, 0.3) is 0 Å². The van der Waals surface area contributed by atoms with Crippen molar-refractivity contribution in [1.82, 2.24) is 25.0 Å². The summed E-state index contributed by atoms with van der Waals surface area (Å²) in [5.74, 6) is 2.01. The molecule has 3 rings (SSSR count). The van der Waals surface area contributed by atoms with Crippen molar-refractivity contribution in [3.05, 3.63) is 17.1 Å². The van der Waals surface area contributed by atoms with Crippen LogP contribution >= 0.6 is 23.1 Å². The number of carbonyl (C=O) groups is 1. The van der Waals surface area contributed by atoms with Gasteiger partial charge in [-0.25, -0.2) is 0 Å². The molecule has 1 aromatic carbocycles. The molecule has 0 atom stereocenters. The van der Waals surface area contributed by atoms with Crippen molar-refractivity contribution in [3.63, 3.8) is 0 Å². The second kappa shape index (κ2) is 11.1. The van der Waals surface area contributed by atoms with E-state index in [1.165, 1.54) is 23.1 Å². The average molecular weight is 481 g/mol. The number of methoxy groups -OCH3 is 4. The quantitative estimate of drug-likeness (QED) is 0.410. The summed E-state index contributed by atoms with van der Waals surface area (Å²) in [6, 6.07) is 3.60. The van der Waals surface area contributed by atoms with Crippen molar-refractivity contribution in [3.8, 4) is 28.6 Å². The minimum Gasteiger partial charge on any atom is -0.493 e. The number of hydrogen-bond acceptors (Lipinski definition) is 11. The SMILES string of the molecule is COCCn1c(SCC(=O)Nc2nnc(C)s2)nnc1-c1cc(OC)c(OC)c(OC)c1. The number of aryl methyl sites for hydroxylation is 1. The molecule has 0 fully saturated rings. The highest BCUT2D eigenvalue weighted by Gasteiger charge is 2.20. The van der Waals surface area contributed by atoms with E-state index in [2.05, 4.69) is 25.7 Å². The van der Waals surface area contributed by atoms with E-state index >= 15 is 0 Å². The van der Waals surface area contributed by atoms with Gasteiger partial charge in [-0.3, -0.25) is 14.7 Å². The molecule has 1 amide bonds. The van der Waals surface area contributed by atoms with Crippen LogP contribution < -0.4 is 19.5 Å². The lowest BCUT2D eigenvalue weighted by Crippen LogP contribution is -2.15. The van der Waals surface area contributed by atoms with Gasteiger partial charge in [-0.15, -0.1) is 20.4 Å². The molecule has 0 saturated heterocycles. The van der Waals surface area contributed by atoms with Crippen molar-refractivity contribution in [2.45, 2.75) is 18.6 Å². The molecule has 0 bridgehead atoms. The zero-order valence-electron chi connectivity index (χ0n) is 18.4. The maximum Gasteiger partial charge on any atom is 0.236 e. The number of ether oxygens (including phenoxy) is 4.